The molecule has 1 heterocycles. The van der Waals surface area contributed by atoms with E-state index < -0.39 is 11.9 Å². The molecule has 0 spiro atoms. The van der Waals surface area contributed by atoms with Crippen molar-refractivity contribution in [1.29, 1.82) is 5.26 Å². The van der Waals surface area contributed by atoms with Crippen LogP contribution in [0.2, 0.25) is 0 Å². The van der Waals surface area contributed by atoms with Crippen LogP contribution in [0.15, 0.2) is 141 Å². The van der Waals surface area contributed by atoms with E-state index in [2.05, 4.69) is 99.6 Å². The van der Waals surface area contributed by atoms with E-state index in [-0.39, 0.29) is 220 Å². The SMILES string of the molecule is C.C.C.C.N#C[C@H]1C[C@@H]1c1ccc(Br)c(F)c1.N/C(=N/O)[C@H]1C[C@@H]1c1ccc(Br)c(F)c1.N/C(=N/OC(=O)Oc1ccccc1)[C@H]1C[C@@H]1c1ccc(Br)c(F)c1.O=c1[nH]c([C@H]2C[C@@H]2c2ccc(Br)c(F)c2)no1.S.S.S.S.S.S.S.S. The molecule has 81 heavy (non-hydrogen) atoms. The number of ether oxygens (including phenoxy) is 1. The first kappa shape index (κ1) is 89.2. The molecule has 6 aromatic rings. The average Bonchev–Trinajstić information content (AvgIpc) is 4.15. The van der Waals surface area contributed by atoms with Crippen LogP contribution in [0.25, 0.3) is 0 Å². The van der Waals surface area contributed by atoms with Crippen LogP contribution >= 0.6 is 172 Å². The molecule has 4 saturated carbocycles. The quantitative estimate of drug-likeness (QED) is 0.0157. The summed E-state index contributed by atoms with van der Waals surface area (Å²) in [5, 5.41) is 27.3. The van der Waals surface area contributed by atoms with E-state index in [9.17, 15) is 27.2 Å². The van der Waals surface area contributed by atoms with Crippen molar-refractivity contribution in [2.75, 3.05) is 0 Å². The summed E-state index contributed by atoms with van der Waals surface area (Å²) in [5.74, 6) is 0.559. The number of nitrogens with one attached hydrogen (secondary N) is 1. The molecular weight excluding hydrogens is 1470 g/mol. The van der Waals surface area contributed by atoms with E-state index in [4.69, 9.17) is 26.7 Å². The Morgan fingerprint density at radius 2 is 1.00 bits per heavy atom. The molecule has 0 aliphatic heterocycles. The summed E-state index contributed by atoms with van der Waals surface area (Å²) in [6.07, 6.45) is 2.31. The number of hydrogen-bond donors (Lipinski definition) is 4. The molecule has 0 bridgehead atoms. The second kappa shape index (κ2) is 41.1. The predicted octanol–water partition coefficient (Wildman–Crippen LogP) is 15.8. The number of nitriles is 1. The van der Waals surface area contributed by atoms with E-state index in [0.717, 1.165) is 47.9 Å². The zero-order valence-corrected chi connectivity index (χ0v) is 54.1. The van der Waals surface area contributed by atoms with Crippen LogP contribution in [-0.4, -0.2) is 33.2 Å². The predicted molar refractivity (Wildman–Crippen MR) is 370 cm³/mol. The van der Waals surface area contributed by atoms with E-state index in [1.807, 2.05) is 24.3 Å². The fraction of sp³-hybridized carbons (Fsp3) is 0.308. The van der Waals surface area contributed by atoms with Gasteiger partial charge in [0.15, 0.2) is 5.82 Å². The highest BCUT2D eigenvalue weighted by atomic mass is 79.9. The van der Waals surface area contributed by atoms with Crippen molar-refractivity contribution in [2.45, 2.75) is 85.0 Å². The van der Waals surface area contributed by atoms with E-state index in [1.165, 1.54) is 24.3 Å². The van der Waals surface area contributed by atoms with Crippen LogP contribution in [0.3, 0.4) is 0 Å². The Balaban J connectivity index is -0.000000225. The molecule has 1 aromatic heterocycles. The normalized spacial score (nSPS) is 19.3. The molecule has 4 aliphatic carbocycles. The van der Waals surface area contributed by atoms with Gasteiger partial charge in [0.25, 0.3) is 0 Å². The van der Waals surface area contributed by atoms with Gasteiger partial charge < -0.3 is 21.4 Å². The molecular formula is C52H71Br4F4N7O6S8. The number of oxime groups is 2. The lowest BCUT2D eigenvalue weighted by atomic mass is 10.1. The first-order valence-corrected chi connectivity index (χ1v) is 24.2. The summed E-state index contributed by atoms with van der Waals surface area (Å²) in [7, 11) is 0. The molecule has 0 amide bonds. The smallest absolute Gasteiger partial charge is 0.409 e. The Morgan fingerprint density at radius 1 is 0.605 bits per heavy atom. The summed E-state index contributed by atoms with van der Waals surface area (Å²) in [6.45, 7) is 0. The Kier molecular flexibility index (Phi) is 45.3. The highest BCUT2D eigenvalue weighted by Crippen LogP contribution is 2.54. The van der Waals surface area contributed by atoms with Crippen LogP contribution in [0, 0.1) is 52.4 Å². The Hall–Kier alpha value is -3.02. The third-order valence-electron chi connectivity index (χ3n) is 11.7. The number of hydrogen-bond acceptors (Lipinski definition) is 10. The Labute approximate surface area is 560 Å². The second-order valence-corrected chi connectivity index (χ2v) is 19.8. The van der Waals surface area contributed by atoms with Crippen molar-refractivity contribution in [3.63, 3.8) is 0 Å². The van der Waals surface area contributed by atoms with Crippen LogP contribution in [-0.2, 0) is 4.84 Å². The number of H-pyrrole nitrogens is 1. The monoisotopic (exact) mass is 1540 g/mol. The number of nitrogens with zero attached hydrogens (tertiary/aromatic N) is 4. The number of rotatable bonds is 9. The molecule has 10 rings (SSSR count). The van der Waals surface area contributed by atoms with Crippen LogP contribution in [0.4, 0.5) is 22.4 Å². The number of carbonyl (C=O) groups is 1. The van der Waals surface area contributed by atoms with Gasteiger partial charge >= 0.3 is 11.9 Å². The zero-order chi connectivity index (χ0) is 49.5. The van der Waals surface area contributed by atoms with Gasteiger partial charge in [0, 0.05) is 23.7 Å². The van der Waals surface area contributed by atoms with Gasteiger partial charge in [-0.3, -0.25) is 14.3 Å². The molecule has 4 fully saturated rings. The van der Waals surface area contributed by atoms with Crippen molar-refractivity contribution in [3.8, 4) is 11.8 Å². The highest BCUT2D eigenvalue weighted by molar-refractivity contribution is 9.11. The second-order valence-electron chi connectivity index (χ2n) is 16.4. The van der Waals surface area contributed by atoms with Crippen LogP contribution in [0.5, 0.6) is 5.75 Å². The van der Waals surface area contributed by atoms with Gasteiger partial charge in [-0.2, -0.15) is 113 Å². The maximum absolute atomic E-state index is 13.6. The third-order valence-corrected chi connectivity index (χ3v) is 14.2. The number of nitrogens with two attached hydrogens (primary N) is 2. The lowest BCUT2D eigenvalue weighted by Crippen LogP contribution is -2.18. The van der Waals surface area contributed by atoms with E-state index in [1.54, 1.807) is 54.6 Å². The summed E-state index contributed by atoms with van der Waals surface area (Å²) in [5.41, 5.74) is 14.9. The fourth-order valence-electron chi connectivity index (χ4n) is 7.56. The lowest BCUT2D eigenvalue weighted by molar-refractivity contribution is 0.102. The van der Waals surface area contributed by atoms with Crippen molar-refractivity contribution in [3.05, 3.63) is 183 Å². The molecule has 0 unspecified atom stereocenters. The van der Waals surface area contributed by atoms with Crippen molar-refractivity contribution >= 4 is 190 Å². The number of halogens is 8. The minimum absolute atomic E-state index is 0. The molecule has 5 aromatic carbocycles. The topological polar surface area (TPSA) is 215 Å². The summed E-state index contributed by atoms with van der Waals surface area (Å²) in [6, 6.07) is 30.8. The zero-order valence-electron chi connectivity index (χ0n) is 39.7. The minimum atomic E-state index is -0.962. The van der Waals surface area contributed by atoms with Crippen molar-refractivity contribution in [2.24, 2.45) is 39.5 Å². The van der Waals surface area contributed by atoms with E-state index >= 15 is 0 Å². The number of amidine groups is 2. The van der Waals surface area contributed by atoms with Gasteiger partial charge in [-0.1, -0.05) is 87.6 Å². The van der Waals surface area contributed by atoms with Gasteiger partial charge in [-0.15, -0.1) is 0 Å². The summed E-state index contributed by atoms with van der Waals surface area (Å²) in [4.78, 5) is 29.5. The molecule has 6 N–H and O–H groups in total. The van der Waals surface area contributed by atoms with Crippen molar-refractivity contribution in [1.82, 2.24) is 10.1 Å². The summed E-state index contributed by atoms with van der Waals surface area (Å²) >= 11 is 12.4. The average molecular weight is 1540 g/mol. The van der Waals surface area contributed by atoms with E-state index in [0.29, 0.717) is 29.5 Å². The highest BCUT2D eigenvalue weighted by Gasteiger charge is 2.44. The van der Waals surface area contributed by atoms with Crippen LogP contribution < -0.4 is 22.0 Å². The van der Waals surface area contributed by atoms with Gasteiger partial charge in [-0.25, -0.2) is 27.2 Å². The van der Waals surface area contributed by atoms with Crippen LogP contribution in [0.1, 0.15) is 113 Å². The van der Waals surface area contributed by atoms with Gasteiger partial charge in [-0.05, 0) is 190 Å². The molecule has 454 valence electrons. The minimum Gasteiger partial charge on any atom is -0.409 e. The van der Waals surface area contributed by atoms with Gasteiger partial charge in [0.2, 0.25) is 0 Å². The molecule has 4 aliphatic rings. The number of para-hydroxylation sites is 1. The molecule has 13 nitrogen and oxygen atoms in total. The van der Waals surface area contributed by atoms with Gasteiger partial charge in [0.05, 0.1) is 29.9 Å². The number of carbonyl (C=O) groups excluding carboxylic acids is 1. The maximum atomic E-state index is 13.6. The first-order valence-electron chi connectivity index (χ1n) is 21.0. The third kappa shape index (κ3) is 25.2. The van der Waals surface area contributed by atoms with Crippen molar-refractivity contribution < 1.29 is 41.7 Å². The molecule has 0 radical (unpaired) electrons. The standard InChI is InChI=1S/C17H14BrFN2O3.C11H8BrFN2O2.C10H10BrFN2O.C10H7BrFN.4CH4.8H2S/c18-14-7-6-10(8-15(14)19)12-9-13(12)16(20)21-24-17(22)23-11-4-2-1-3-5-11;12-8-2-1-5(3-9(8)13)6-4-7(6)10-14-11(16)17-15-10;11-8-2-1-5(3-9(8)12)6-4-7(6)10(13)14-15;11-9-2-1-6(4-10(9)12)8-3-7(8)5-13;;;;;;;;;;;;/h1-8,12-13H,9H2,(H2,20,21);1-3,6-7H,4H2,(H,14,15,16);1-3,6-7,15H,4H2,(H2,13,14);1-2,4,7-8H,3H2;4*1H4;8*1H2/t12-,13+;2*6-,7+;7-,8-;;;;;;;;;;;;/m1111............/s1. The number of aromatic nitrogens is 2. The largest absolute Gasteiger partial charge is 0.540 e. The first-order chi connectivity index (χ1) is 33.0. The molecule has 29 heteroatoms. The Morgan fingerprint density at radius 3 is 1.36 bits per heavy atom. The molecule has 8 atom stereocenters. The number of benzene rings is 5. The fourth-order valence-corrected chi connectivity index (χ4v) is 8.55. The Bertz CT molecular complexity index is 3030. The molecule has 0 saturated heterocycles. The summed E-state index contributed by atoms with van der Waals surface area (Å²) < 4.78 is 64.4. The maximum Gasteiger partial charge on any atom is 0.540 e. The van der Waals surface area contributed by atoms with Gasteiger partial charge in [0.1, 0.15) is 40.7 Å². The number of aromatic amines is 1. The lowest BCUT2D eigenvalue weighted by Gasteiger charge is -2.03.